The van der Waals surface area contributed by atoms with Crippen LogP contribution in [0.2, 0.25) is 0 Å². The van der Waals surface area contributed by atoms with Crippen LogP contribution in [-0.4, -0.2) is 69.5 Å². The molecule has 0 amide bonds. The van der Waals surface area contributed by atoms with Crippen molar-refractivity contribution in [3.8, 4) is 11.5 Å². The maximum absolute atomic E-state index is 13.8. The second kappa shape index (κ2) is 18.7. The van der Waals surface area contributed by atoms with Crippen molar-refractivity contribution >= 4 is 29.3 Å². The van der Waals surface area contributed by atoms with Gasteiger partial charge in [-0.15, -0.1) is 0 Å². The summed E-state index contributed by atoms with van der Waals surface area (Å²) >= 11 is 0. The minimum atomic E-state index is -1.44. The highest BCUT2D eigenvalue weighted by atomic mass is 16.6. The Kier molecular flexibility index (Phi) is 14.4. The molecule has 0 bridgehead atoms. The molecule has 3 aromatic carbocycles. The Morgan fingerprint density at radius 1 is 0.654 bits per heavy atom. The average molecular weight is 717 g/mol. The lowest BCUT2D eigenvalue weighted by Gasteiger charge is -2.35. The molecule has 0 radical (unpaired) electrons. The predicted molar refractivity (Wildman–Crippen MR) is 204 cm³/mol. The number of carbonyl (C=O) groups is 3. The van der Waals surface area contributed by atoms with Gasteiger partial charge in [-0.05, 0) is 84.7 Å². The highest BCUT2D eigenvalue weighted by Crippen LogP contribution is 2.53. The van der Waals surface area contributed by atoms with E-state index in [-0.39, 0.29) is 11.9 Å². The third kappa shape index (κ3) is 8.32. The average Bonchev–Trinajstić information content (AvgIpc) is 3.44. The largest absolute Gasteiger partial charge is 0.493 e. The highest BCUT2D eigenvalue weighted by molar-refractivity contribution is 5.97. The van der Waals surface area contributed by atoms with E-state index in [1.807, 2.05) is 92.1 Å². The maximum atomic E-state index is 13.8. The van der Waals surface area contributed by atoms with Gasteiger partial charge in [0.2, 0.25) is 0 Å². The molecule has 1 aliphatic rings. The molecule has 1 heterocycles. The zero-order valence-electron chi connectivity index (χ0n) is 32.2. The molecule has 0 spiro atoms. The molecule has 10 nitrogen and oxygen atoms in total. The zero-order chi connectivity index (χ0) is 37.8. The smallest absolute Gasteiger partial charge is 0.340 e. The van der Waals surface area contributed by atoms with E-state index in [1.165, 1.54) is 0 Å². The third-order valence-corrected chi connectivity index (χ3v) is 9.42. The van der Waals surface area contributed by atoms with Gasteiger partial charge in [-0.3, -0.25) is 0 Å². The van der Waals surface area contributed by atoms with Crippen LogP contribution in [0.5, 0.6) is 11.5 Å². The Morgan fingerprint density at radius 3 is 1.54 bits per heavy atom. The number of esters is 3. The number of cyclic esters (lactones) is 1. The Balaban J connectivity index is 1.98. The van der Waals surface area contributed by atoms with Crippen molar-refractivity contribution in [1.82, 2.24) is 0 Å². The van der Waals surface area contributed by atoms with Gasteiger partial charge in [-0.1, -0.05) is 44.9 Å². The van der Waals surface area contributed by atoms with Crippen molar-refractivity contribution in [3.63, 3.8) is 0 Å². The van der Waals surface area contributed by atoms with Crippen molar-refractivity contribution < 1.29 is 38.1 Å². The number of rotatable bonds is 20. The molecule has 282 valence electrons. The summed E-state index contributed by atoms with van der Waals surface area (Å²) in [5.74, 6) is -0.0530. The number of nitrogens with zero attached hydrogens (tertiary/aromatic N) is 2. The summed E-state index contributed by atoms with van der Waals surface area (Å²) in [4.78, 5) is 43.8. The van der Waals surface area contributed by atoms with Gasteiger partial charge in [0.15, 0.2) is 5.60 Å². The van der Waals surface area contributed by atoms with Crippen molar-refractivity contribution in [1.29, 1.82) is 0 Å². The summed E-state index contributed by atoms with van der Waals surface area (Å²) in [5, 5.41) is 0. The second-order valence-corrected chi connectivity index (χ2v) is 12.8. The lowest BCUT2D eigenvalue weighted by molar-refractivity contribution is -0.145. The van der Waals surface area contributed by atoms with E-state index in [0.717, 1.165) is 37.1 Å². The number of carbonyl (C=O) groups excluding carboxylic acids is 3. The highest BCUT2D eigenvalue weighted by Gasteiger charge is 2.52. The summed E-state index contributed by atoms with van der Waals surface area (Å²) in [6, 6.07) is 17.9. The first-order chi connectivity index (χ1) is 25.1. The van der Waals surface area contributed by atoms with Gasteiger partial charge >= 0.3 is 17.9 Å². The lowest BCUT2D eigenvalue weighted by atomic mass is 9.78. The number of hydrogen-bond acceptors (Lipinski definition) is 10. The van der Waals surface area contributed by atoms with Crippen molar-refractivity contribution in [2.24, 2.45) is 0 Å². The van der Waals surface area contributed by atoms with Crippen LogP contribution in [0.15, 0.2) is 60.7 Å². The Labute approximate surface area is 309 Å². The van der Waals surface area contributed by atoms with Crippen molar-refractivity contribution in [2.75, 3.05) is 49.3 Å². The van der Waals surface area contributed by atoms with Gasteiger partial charge in [0.05, 0.1) is 32.0 Å². The fourth-order valence-electron chi connectivity index (χ4n) is 6.80. The van der Waals surface area contributed by atoms with Gasteiger partial charge in [-0.25, -0.2) is 14.4 Å². The number of unbranched alkanes of at least 4 members (excludes halogenated alkanes) is 2. The Hall–Kier alpha value is -4.73. The summed E-state index contributed by atoms with van der Waals surface area (Å²) in [6.07, 6.45) is 3.64. The quantitative estimate of drug-likeness (QED) is 0.0843. The van der Waals surface area contributed by atoms with E-state index >= 15 is 0 Å². The Morgan fingerprint density at radius 2 is 1.12 bits per heavy atom. The van der Waals surface area contributed by atoms with Crippen LogP contribution >= 0.6 is 0 Å². The molecule has 2 atom stereocenters. The molecule has 3 aromatic rings. The second-order valence-electron chi connectivity index (χ2n) is 12.8. The first kappa shape index (κ1) is 40.0. The molecule has 10 heteroatoms. The summed E-state index contributed by atoms with van der Waals surface area (Å²) in [6.45, 7) is 17.9. The van der Waals surface area contributed by atoms with Crippen LogP contribution in [-0.2, 0) is 29.4 Å². The van der Waals surface area contributed by atoms with Gasteiger partial charge in [0.1, 0.15) is 23.6 Å². The normalized spacial score (nSPS) is 16.0. The maximum Gasteiger partial charge on any atom is 0.340 e. The number of anilines is 2. The first-order valence-corrected chi connectivity index (χ1v) is 18.9. The molecule has 0 fully saturated rings. The minimum absolute atomic E-state index is 0.292. The fraction of sp³-hybridized carbons (Fsp3) is 0.500. The molecule has 0 N–H and O–H groups in total. The summed E-state index contributed by atoms with van der Waals surface area (Å²) < 4.78 is 30.1. The van der Waals surface area contributed by atoms with Crippen LogP contribution in [0, 0.1) is 0 Å². The van der Waals surface area contributed by atoms with E-state index in [0.29, 0.717) is 73.3 Å². The predicted octanol–water partition coefficient (Wildman–Crippen LogP) is 8.06. The van der Waals surface area contributed by atoms with Crippen LogP contribution in [0.25, 0.3) is 0 Å². The SMILES string of the molecule is CCCCN(c1ccc(C2(c3ccc(N(CCCC)C(C)C(=O)OCC)cc3OCC)OC(=O)c3ccccc32)c(OCC)c1)C(C)C(=O)OCC. The van der Waals surface area contributed by atoms with Gasteiger partial charge < -0.3 is 33.5 Å². The topological polar surface area (TPSA) is 104 Å². The molecule has 4 rings (SSSR count). The molecule has 1 aliphatic heterocycles. The van der Waals surface area contributed by atoms with Crippen LogP contribution < -0.4 is 19.3 Å². The van der Waals surface area contributed by atoms with E-state index in [9.17, 15) is 14.4 Å². The van der Waals surface area contributed by atoms with Crippen molar-refractivity contribution in [2.45, 2.75) is 98.8 Å². The Bertz CT molecular complexity index is 1580. The molecule has 0 aromatic heterocycles. The standard InChI is InChI=1S/C42H56N2O8/c1-9-15-25-43(29(7)39(45)50-13-5)31-21-23-35(37(27-31)48-11-3)42(34-20-18-17-19-33(34)41(47)52-42)36-24-22-32(28-38(36)49-12-4)44(26-16-10-2)30(8)40(46)51-14-6/h17-24,27-30H,9-16,25-26H2,1-8H3. The summed E-state index contributed by atoms with van der Waals surface area (Å²) in [7, 11) is 0. The van der Waals surface area contributed by atoms with Crippen LogP contribution in [0.4, 0.5) is 11.4 Å². The monoisotopic (exact) mass is 716 g/mol. The van der Waals surface area contributed by atoms with E-state index in [2.05, 4.69) is 13.8 Å². The minimum Gasteiger partial charge on any atom is -0.493 e. The molecule has 0 saturated heterocycles. The van der Waals surface area contributed by atoms with Gasteiger partial charge in [0, 0.05) is 53.3 Å². The third-order valence-electron chi connectivity index (χ3n) is 9.42. The van der Waals surface area contributed by atoms with E-state index in [1.54, 1.807) is 19.9 Å². The fourth-order valence-corrected chi connectivity index (χ4v) is 6.80. The van der Waals surface area contributed by atoms with Gasteiger partial charge in [0.25, 0.3) is 0 Å². The van der Waals surface area contributed by atoms with Crippen molar-refractivity contribution in [3.05, 3.63) is 82.9 Å². The molecule has 52 heavy (non-hydrogen) atoms. The molecule has 0 aliphatic carbocycles. The first-order valence-electron chi connectivity index (χ1n) is 18.9. The molecular formula is C42H56N2O8. The number of hydrogen-bond donors (Lipinski definition) is 0. The lowest BCUT2D eigenvalue weighted by Crippen LogP contribution is -2.41. The van der Waals surface area contributed by atoms with E-state index in [4.69, 9.17) is 23.7 Å². The van der Waals surface area contributed by atoms with Crippen LogP contribution in [0.1, 0.15) is 108 Å². The summed E-state index contributed by atoms with van der Waals surface area (Å²) in [5.41, 5.74) is 2.47. The van der Waals surface area contributed by atoms with Gasteiger partial charge in [-0.2, -0.15) is 0 Å². The zero-order valence-corrected chi connectivity index (χ0v) is 32.2. The number of ether oxygens (including phenoxy) is 5. The molecule has 0 saturated carbocycles. The number of fused-ring (bicyclic) bond motifs is 1. The van der Waals surface area contributed by atoms with Crippen LogP contribution in [0.3, 0.4) is 0 Å². The molecular weight excluding hydrogens is 660 g/mol. The van der Waals surface area contributed by atoms with E-state index < -0.39 is 23.7 Å². The number of benzene rings is 3. The molecule has 2 unspecified atom stereocenters.